The summed E-state index contributed by atoms with van der Waals surface area (Å²) in [5, 5.41) is 56.6. The standard InChI is InChI=1S/C34H48N6O8/c1-34(19-41,13-2-14-37-33(35)36)39-30(46)28-17-22-7-12-25(44)18-27(22)40(28)32(48)26(15-20-3-8-23(42)9-4-20)38-31(47)29(45)16-21-5-10-24(43)11-6-21/h3-6,8-11,22,25-29,41-45H,2,7,12-19H2,1H3,(H,38,47)(H,39,46)(H4,35,36,37)/t22-,25+,26+,27-,28-,29+,34-/m0/s1. The Labute approximate surface area is 279 Å². The summed E-state index contributed by atoms with van der Waals surface area (Å²) in [4.78, 5) is 47.3. The Hall–Kier alpha value is -4.40. The van der Waals surface area contributed by atoms with E-state index in [1.807, 2.05) is 0 Å². The smallest absolute Gasteiger partial charge is 0.249 e. The highest BCUT2D eigenvalue weighted by Gasteiger charge is 2.51. The Kier molecular flexibility index (Phi) is 12.2. The van der Waals surface area contributed by atoms with Gasteiger partial charge in [-0.1, -0.05) is 24.3 Å². The molecule has 2 fully saturated rings. The van der Waals surface area contributed by atoms with Crippen LogP contribution in [0.15, 0.2) is 53.5 Å². The fourth-order valence-electron chi connectivity index (χ4n) is 6.69. The molecule has 0 radical (unpaired) electrons. The second-order valence-electron chi connectivity index (χ2n) is 13.2. The molecule has 2 aromatic carbocycles. The van der Waals surface area contributed by atoms with Crippen LogP contribution >= 0.6 is 0 Å². The van der Waals surface area contributed by atoms with Crippen molar-refractivity contribution in [2.45, 2.75) is 94.2 Å². The quantitative estimate of drug-likeness (QED) is 0.0728. The third-order valence-corrected chi connectivity index (χ3v) is 9.32. The lowest BCUT2D eigenvalue weighted by molar-refractivity contribution is -0.146. The molecule has 1 aliphatic heterocycles. The Morgan fingerprint density at radius 1 is 0.979 bits per heavy atom. The molecule has 48 heavy (non-hydrogen) atoms. The number of nitrogens with two attached hydrogens (primary N) is 2. The summed E-state index contributed by atoms with van der Waals surface area (Å²) in [5.74, 6) is -1.87. The topological polar surface area (TPSA) is 244 Å². The van der Waals surface area contributed by atoms with Crippen LogP contribution in [0.2, 0.25) is 0 Å². The number of rotatable bonds is 14. The molecule has 3 amide bonds. The van der Waals surface area contributed by atoms with E-state index in [0.29, 0.717) is 49.8 Å². The number of likely N-dealkylation sites (tertiary alicyclic amines) is 1. The molecule has 1 saturated carbocycles. The van der Waals surface area contributed by atoms with E-state index in [1.54, 1.807) is 31.2 Å². The minimum absolute atomic E-state index is 0.000703. The first-order valence-electron chi connectivity index (χ1n) is 16.3. The summed E-state index contributed by atoms with van der Waals surface area (Å²) in [6.07, 6.45) is 0.330. The van der Waals surface area contributed by atoms with Crippen LogP contribution < -0.4 is 22.1 Å². The summed E-state index contributed by atoms with van der Waals surface area (Å²) in [6.45, 7) is 1.63. The van der Waals surface area contributed by atoms with Crippen molar-refractivity contribution in [3.63, 3.8) is 0 Å². The predicted octanol–water partition coefficient (Wildman–Crippen LogP) is -0.220. The minimum Gasteiger partial charge on any atom is -0.508 e. The zero-order valence-corrected chi connectivity index (χ0v) is 27.2. The summed E-state index contributed by atoms with van der Waals surface area (Å²) < 4.78 is 0. The van der Waals surface area contributed by atoms with E-state index in [-0.39, 0.29) is 49.2 Å². The third-order valence-electron chi connectivity index (χ3n) is 9.32. The van der Waals surface area contributed by atoms with Gasteiger partial charge in [0.15, 0.2) is 5.96 Å². The van der Waals surface area contributed by atoms with Crippen molar-refractivity contribution in [2.75, 3.05) is 13.2 Å². The Bertz CT molecular complexity index is 1430. The molecule has 1 saturated heterocycles. The number of nitrogens with zero attached hydrogens (tertiary/aromatic N) is 2. The number of guanidine groups is 1. The Balaban J connectivity index is 1.59. The predicted molar refractivity (Wildman–Crippen MR) is 177 cm³/mol. The maximum Gasteiger partial charge on any atom is 0.249 e. The molecule has 1 aliphatic carbocycles. The molecule has 2 aliphatic rings. The lowest BCUT2D eigenvalue weighted by Gasteiger charge is -2.38. The molecule has 0 bridgehead atoms. The second kappa shape index (κ2) is 16.1. The van der Waals surface area contributed by atoms with Crippen LogP contribution in [-0.4, -0.2) is 103 Å². The van der Waals surface area contributed by atoms with Gasteiger partial charge in [0.2, 0.25) is 17.7 Å². The molecule has 0 unspecified atom stereocenters. The Morgan fingerprint density at radius 2 is 1.58 bits per heavy atom. The van der Waals surface area contributed by atoms with E-state index >= 15 is 0 Å². The molecule has 14 nitrogen and oxygen atoms in total. The maximum atomic E-state index is 14.6. The maximum absolute atomic E-state index is 14.6. The third kappa shape index (κ3) is 9.58. The first-order valence-corrected chi connectivity index (χ1v) is 16.3. The monoisotopic (exact) mass is 668 g/mol. The van der Waals surface area contributed by atoms with Gasteiger partial charge in [0.05, 0.1) is 18.2 Å². The number of phenolic OH excluding ortho intramolecular Hbond substituents is 2. The summed E-state index contributed by atoms with van der Waals surface area (Å²) in [6, 6.07) is 9.57. The highest BCUT2D eigenvalue weighted by atomic mass is 16.3. The van der Waals surface area contributed by atoms with Gasteiger partial charge in [-0.25, -0.2) is 0 Å². The van der Waals surface area contributed by atoms with E-state index in [0.717, 1.165) is 0 Å². The largest absolute Gasteiger partial charge is 0.508 e. The number of aliphatic imine (C=N–C) groups is 1. The number of hydrogen-bond donors (Lipinski definition) is 9. The first-order chi connectivity index (χ1) is 22.8. The van der Waals surface area contributed by atoms with E-state index in [1.165, 1.54) is 29.2 Å². The molecule has 14 heteroatoms. The van der Waals surface area contributed by atoms with Crippen molar-refractivity contribution < 1.29 is 39.9 Å². The molecule has 7 atom stereocenters. The van der Waals surface area contributed by atoms with Crippen LogP contribution in [0.3, 0.4) is 0 Å². The number of aliphatic hydroxyl groups excluding tert-OH is 3. The molecule has 262 valence electrons. The van der Waals surface area contributed by atoms with Gasteiger partial charge < -0.3 is 52.5 Å². The number of fused-ring (bicyclic) bond motifs is 1. The number of nitrogens with one attached hydrogen (secondary N) is 2. The van der Waals surface area contributed by atoms with Gasteiger partial charge >= 0.3 is 0 Å². The highest BCUT2D eigenvalue weighted by molar-refractivity contribution is 5.94. The lowest BCUT2D eigenvalue weighted by Crippen LogP contribution is -2.60. The van der Waals surface area contributed by atoms with Crippen LogP contribution in [0, 0.1) is 5.92 Å². The van der Waals surface area contributed by atoms with Crippen LogP contribution in [0.25, 0.3) is 0 Å². The fraction of sp³-hybridized carbons (Fsp3) is 0.529. The molecule has 0 aromatic heterocycles. The summed E-state index contributed by atoms with van der Waals surface area (Å²) in [7, 11) is 0. The number of carbonyl (C=O) groups is 3. The van der Waals surface area contributed by atoms with Gasteiger partial charge in [0.25, 0.3) is 0 Å². The average molecular weight is 669 g/mol. The number of amides is 3. The number of hydrogen-bond acceptors (Lipinski definition) is 9. The van der Waals surface area contributed by atoms with Crippen LogP contribution in [0.4, 0.5) is 0 Å². The fourth-order valence-corrected chi connectivity index (χ4v) is 6.69. The van der Waals surface area contributed by atoms with Gasteiger partial charge in [-0.15, -0.1) is 0 Å². The average Bonchev–Trinajstić information content (AvgIpc) is 3.43. The molecule has 2 aromatic rings. The molecule has 11 N–H and O–H groups in total. The SMILES string of the molecule is C[C@@](CO)(CCCN=C(N)N)NC(=O)[C@@H]1C[C@@H]2CC[C@@H](O)C[C@@H]2N1C(=O)[C@@H](Cc1ccc(O)cc1)NC(=O)[C@H](O)Cc1ccc(O)cc1. The van der Waals surface area contributed by atoms with Gasteiger partial charge in [-0.05, 0) is 86.8 Å². The number of carbonyl (C=O) groups excluding carboxylic acids is 3. The summed E-state index contributed by atoms with van der Waals surface area (Å²) in [5.41, 5.74) is 11.0. The normalized spacial score (nSPS) is 22.9. The number of benzene rings is 2. The van der Waals surface area contributed by atoms with Crippen molar-refractivity contribution in [1.82, 2.24) is 15.5 Å². The van der Waals surface area contributed by atoms with Gasteiger partial charge in [-0.2, -0.15) is 0 Å². The van der Waals surface area contributed by atoms with Crippen LogP contribution in [-0.2, 0) is 27.2 Å². The van der Waals surface area contributed by atoms with Crippen LogP contribution in [0.1, 0.15) is 56.6 Å². The minimum atomic E-state index is -1.52. The lowest BCUT2D eigenvalue weighted by atomic mass is 9.83. The second-order valence-corrected chi connectivity index (χ2v) is 13.2. The van der Waals surface area contributed by atoms with Gasteiger partial charge in [0, 0.05) is 25.4 Å². The van der Waals surface area contributed by atoms with Crippen molar-refractivity contribution in [3.05, 3.63) is 59.7 Å². The van der Waals surface area contributed by atoms with E-state index in [4.69, 9.17) is 11.5 Å². The molecule has 4 rings (SSSR count). The van der Waals surface area contributed by atoms with Crippen molar-refractivity contribution in [3.8, 4) is 11.5 Å². The van der Waals surface area contributed by atoms with Crippen molar-refractivity contribution in [2.24, 2.45) is 22.4 Å². The number of aliphatic hydroxyl groups is 3. The van der Waals surface area contributed by atoms with Gasteiger partial charge in [0.1, 0.15) is 29.7 Å². The van der Waals surface area contributed by atoms with E-state index in [2.05, 4.69) is 15.6 Å². The molecule has 0 spiro atoms. The van der Waals surface area contributed by atoms with Crippen molar-refractivity contribution in [1.29, 1.82) is 0 Å². The van der Waals surface area contributed by atoms with Crippen LogP contribution in [0.5, 0.6) is 11.5 Å². The zero-order chi connectivity index (χ0) is 35.0. The number of phenols is 2. The molecular formula is C34H48N6O8. The van der Waals surface area contributed by atoms with Gasteiger partial charge in [-0.3, -0.25) is 19.4 Å². The highest BCUT2D eigenvalue weighted by Crippen LogP contribution is 2.40. The zero-order valence-electron chi connectivity index (χ0n) is 27.2. The first kappa shape index (κ1) is 36.4. The Morgan fingerprint density at radius 3 is 2.17 bits per heavy atom. The van der Waals surface area contributed by atoms with E-state index < -0.39 is 53.6 Å². The van der Waals surface area contributed by atoms with E-state index in [9.17, 15) is 39.9 Å². The molecule has 1 heterocycles. The summed E-state index contributed by atoms with van der Waals surface area (Å²) >= 11 is 0. The van der Waals surface area contributed by atoms with Crippen molar-refractivity contribution >= 4 is 23.7 Å². The molecular weight excluding hydrogens is 620 g/mol. The number of aromatic hydroxyl groups is 2.